The Hall–Kier alpha value is -8.68. The van der Waals surface area contributed by atoms with Crippen molar-refractivity contribution in [3.05, 3.63) is 216 Å². The minimum atomic E-state index is 0.439. The van der Waals surface area contributed by atoms with Crippen LogP contribution < -0.4 is 4.74 Å². The zero-order valence-electron chi connectivity index (χ0n) is 37.9. The van der Waals surface area contributed by atoms with Gasteiger partial charge in [0.2, 0.25) is 5.95 Å². The van der Waals surface area contributed by atoms with Gasteiger partial charge in [0, 0.05) is 38.5 Å². The van der Waals surface area contributed by atoms with Crippen LogP contribution in [0, 0.1) is 13.8 Å². The molecule has 3 heterocycles. The molecule has 1 aliphatic carbocycles. The van der Waals surface area contributed by atoms with Crippen LogP contribution in [-0.4, -0.2) is 30.8 Å². The first-order valence-corrected chi connectivity index (χ1v) is 23.1. The molecule has 12 rings (SSSR count). The Balaban J connectivity index is 0.993. The van der Waals surface area contributed by atoms with Crippen LogP contribution in [-0.2, 0) is 13.0 Å². The highest BCUT2D eigenvalue weighted by Gasteiger charge is 2.26. The smallest absolute Gasteiger partial charge is 0.238 e. The minimum Gasteiger partial charge on any atom is -0.486 e. The molecule has 0 unspecified atom stereocenters. The lowest BCUT2D eigenvalue weighted by atomic mass is 9.99. The van der Waals surface area contributed by atoms with Gasteiger partial charge in [0.25, 0.3) is 0 Å². The Bertz CT molecular complexity index is 3670. The van der Waals surface area contributed by atoms with E-state index in [0.717, 1.165) is 91.2 Å². The van der Waals surface area contributed by atoms with E-state index in [4.69, 9.17) is 19.7 Å². The molecule has 3 aromatic heterocycles. The molecule has 11 aromatic rings. The first-order valence-electron chi connectivity index (χ1n) is 23.1. The summed E-state index contributed by atoms with van der Waals surface area (Å²) in [5, 5.41) is 3.56. The summed E-state index contributed by atoms with van der Waals surface area (Å²) in [5.74, 6) is 2.59. The molecule has 0 N–H and O–H groups in total. The van der Waals surface area contributed by atoms with Crippen molar-refractivity contribution in [1.82, 2.24) is 24.1 Å². The molecule has 0 saturated heterocycles. The van der Waals surface area contributed by atoms with Crippen LogP contribution in [0.15, 0.2) is 193 Å². The van der Waals surface area contributed by atoms with E-state index in [1.54, 1.807) is 0 Å². The second-order valence-electron chi connectivity index (χ2n) is 17.6. The molecular weight excluding hydrogens is 833 g/mol. The van der Waals surface area contributed by atoms with Crippen molar-refractivity contribution in [3.8, 4) is 62.4 Å². The molecule has 68 heavy (non-hydrogen) atoms. The standard InChI is InChI=1S/C61H46N6O/c1-39-20-24-45(25-21-39)59-63-60(46-26-22-40(2)23-27-46)65-61(64-59)67-55-19-10-8-15-50(55)52-37-36-51-49-14-7-9-18-54(49)66(56(51)57(52)67)47-34-32-43(33-35-47)42-28-30-44(31-29-42)48-16-11-17-53(62-3)58(48)68-38-41-12-5-4-6-13-41/h4-7,9-14,16-37H,3,8,15,38H2,1-2H3. The van der Waals surface area contributed by atoms with Gasteiger partial charge in [-0.05, 0) is 91.6 Å². The number of aromatic nitrogens is 5. The van der Waals surface area contributed by atoms with Crippen molar-refractivity contribution in [1.29, 1.82) is 0 Å². The second-order valence-corrected chi connectivity index (χ2v) is 17.6. The lowest BCUT2D eigenvalue weighted by molar-refractivity contribution is 0.309. The maximum absolute atomic E-state index is 6.41. The van der Waals surface area contributed by atoms with Crippen molar-refractivity contribution in [2.45, 2.75) is 33.3 Å². The third-order valence-electron chi connectivity index (χ3n) is 13.2. The van der Waals surface area contributed by atoms with Crippen LogP contribution in [0.3, 0.4) is 0 Å². The van der Waals surface area contributed by atoms with E-state index in [-0.39, 0.29) is 0 Å². The molecule has 8 aromatic carbocycles. The van der Waals surface area contributed by atoms with Crippen molar-refractivity contribution in [2.75, 3.05) is 0 Å². The van der Waals surface area contributed by atoms with Gasteiger partial charge in [-0.1, -0.05) is 175 Å². The van der Waals surface area contributed by atoms with Crippen LogP contribution >= 0.6 is 0 Å². The molecule has 326 valence electrons. The number of benzene rings is 8. The summed E-state index contributed by atoms with van der Waals surface area (Å²) in [4.78, 5) is 20.1. The quantitative estimate of drug-likeness (QED) is 0.128. The normalized spacial score (nSPS) is 12.2. The molecule has 0 saturated carbocycles. The largest absolute Gasteiger partial charge is 0.486 e. The second kappa shape index (κ2) is 17.0. The predicted octanol–water partition coefficient (Wildman–Crippen LogP) is 15.1. The summed E-state index contributed by atoms with van der Waals surface area (Å²) in [5.41, 5.74) is 17.1. The minimum absolute atomic E-state index is 0.439. The number of rotatable bonds is 10. The highest BCUT2D eigenvalue weighted by atomic mass is 16.5. The molecule has 0 amide bonds. The van der Waals surface area contributed by atoms with Crippen LogP contribution in [0.4, 0.5) is 5.69 Å². The van der Waals surface area contributed by atoms with E-state index in [9.17, 15) is 0 Å². The van der Waals surface area contributed by atoms with Crippen LogP contribution in [0.25, 0.3) is 95.5 Å². The summed E-state index contributed by atoms with van der Waals surface area (Å²) in [6.45, 7) is 8.47. The number of nitrogens with zero attached hydrogens (tertiary/aromatic N) is 6. The molecule has 0 bridgehead atoms. The highest BCUT2D eigenvalue weighted by Crippen LogP contribution is 2.43. The van der Waals surface area contributed by atoms with E-state index >= 15 is 0 Å². The first-order chi connectivity index (χ1) is 33.5. The van der Waals surface area contributed by atoms with E-state index in [1.165, 1.54) is 32.8 Å². The summed E-state index contributed by atoms with van der Waals surface area (Å²) in [7, 11) is 0. The number of fused-ring (bicyclic) bond motifs is 7. The van der Waals surface area contributed by atoms with Crippen molar-refractivity contribution in [2.24, 2.45) is 4.99 Å². The maximum Gasteiger partial charge on any atom is 0.238 e. The topological polar surface area (TPSA) is 70.1 Å². The van der Waals surface area contributed by atoms with Gasteiger partial charge in [-0.2, -0.15) is 9.97 Å². The lowest BCUT2D eigenvalue weighted by Crippen LogP contribution is -2.09. The highest BCUT2D eigenvalue weighted by molar-refractivity contribution is 6.19. The molecule has 0 atom stereocenters. The van der Waals surface area contributed by atoms with Gasteiger partial charge in [0.05, 0.1) is 22.2 Å². The van der Waals surface area contributed by atoms with Crippen molar-refractivity contribution < 1.29 is 4.74 Å². The molecule has 7 nitrogen and oxygen atoms in total. The zero-order chi connectivity index (χ0) is 45.7. The van der Waals surface area contributed by atoms with Gasteiger partial charge in [-0.3, -0.25) is 9.56 Å². The zero-order valence-corrected chi connectivity index (χ0v) is 37.9. The third kappa shape index (κ3) is 7.16. The maximum atomic E-state index is 6.41. The van der Waals surface area contributed by atoms with Crippen LogP contribution in [0.2, 0.25) is 0 Å². The van der Waals surface area contributed by atoms with Crippen molar-refractivity contribution in [3.63, 3.8) is 0 Å². The molecule has 0 fully saturated rings. The molecule has 7 heteroatoms. The number of hydrogen-bond donors (Lipinski definition) is 0. The van der Waals surface area contributed by atoms with Gasteiger partial charge in [0.1, 0.15) is 12.3 Å². The number of allylic oxidation sites excluding steroid dienone is 1. The predicted molar refractivity (Wildman–Crippen MR) is 280 cm³/mol. The average Bonchev–Trinajstić information content (AvgIpc) is 3.92. The van der Waals surface area contributed by atoms with Crippen molar-refractivity contribution >= 4 is 51.2 Å². The van der Waals surface area contributed by atoms with Gasteiger partial charge in [0.15, 0.2) is 17.4 Å². The van der Waals surface area contributed by atoms with Gasteiger partial charge in [-0.15, -0.1) is 0 Å². The Kier molecular flexibility index (Phi) is 10.2. The van der Waals surface area contributed by atoms with E-state index in [2.05, 4.69) is 199 Å². The monoisotopic (exact) mass is 878 g/mol. The third-order valence-corrected chi connectivity index (χ3v) is 13.2. The molecular formula is C61H46N6O. The first kappa shape index (κ1) is 40.8. The molecule has 0 radical (unpaired) electrons. The fourth-order valence-electron chi connectivity index (χ4n) is 9.77. The average molecular weight is 879 g/mol. The van der Waals surface area contributed by atoms with E-state index in [1.807, 2.05) is 30.3 Å². The number of aliphatic imine (C=N–C) groups is 1. The van der Waals surface area contributed by atoms with Crippen LogP contribution in [0.5, 0.6) is 5.75 Å². The van der Waals surface area contributed by atoms with Crippen LogP contribution in [0.1, 0.15) is 34.4 Å². The van der Waals surface area contributed by atoms with Gasteiger partial charge < -0.3 is 9.30 Å². The number of ether oxygens (including phenoxy) is 1. The fraction of sp³-hybridized carbons (Fsp3) is 0.0820. The Morgan fingerprint density at radius 3 is 1.84 bits per heavy atom. The fourth-order valence-corrected chi connectivity index (χ4v) is 9.77. The Labute approximate surface area is 395 Å². The summed E-state index contributed by atoms with van der Waals surface area (Å²) in [6.07, 6.45) is 6.42. The summed E-state index contributed by atoms with van der Waals surface area (Å²) < 4.78 is 11.1. The SMILES string of the molecule is C=Nc1cccc(-c2ccc(-c3ccc(-n4c5ccccc5c5ccc6c7c(n(-c8nc(-c9ccc(C)cc9)nc(-c9ccc(C)cc9)n8)c6c54)C=CCC7)cc3)cc2)c1OCc1ccccc1. The molecule has 0 spiro atoms. The van der Waals surface area contributed by atoms with Gasteiger partial charge >= 0.3 is 0 Å². The number of aryl methyl sites for hydroxylation is 3. The van der Waals surface area contributed by atoms with E-state index in [0.29, 0.717) is 24.2 Å². The molecule has 1 aliphatic rings. The number of para-hydroxylation sites is 2. The number of hydrogen-bond acceptors (Lipinski definition) is 5. The Morgan fingerprint density at radius 2 is 1.15 bits per heavy atom. The summed E-state index contributed by atoms with van der Waals surface area (Å²) >= 11 is 0. The van der Waals surface area contributed by atoms with Gasteiger partial charge in [-0.25, -0.2) is 4.98 Å². The Morgan fingerprint density at radius 1 is 0.544 bits per heavy atom. The van der Waals surface area contributed by atoms with E-state index < -0.39 is 0 Å². The molecule has 0 aliphatic heterocycles. The summed E-state index contributed by atoms with van der Waals surface area (Å²) in [6, 6.07) is 64.0. The lowest BCUT2D eigenvalue weighted by Gasteiger charge is -2.15.